The van der Waals surface area contributed by atoms with Crippen LogP contribution in [0, 0.1) is 0 Å². The maximum Gasteiger partial charge on any atom is 0.164 e. The Balaban J connectivity index is 1.08. The van der Waals surface area contributed by atoms with Crippen LogP contribution in [0.2, 0.25) is 0 Å². The fraction of sp³-hybridized carbons (Fsp3) is 0. The van der Waals surface area contributed by atoms with Gasteiger partial charge in [-0.25, -0.2) is 34.9 Å². The summed E-state index contributed by atoms with van der Waals surface area (Å²) in [5.41, 5.74) is 9.13. The maximum absolute atomic E-state index is 5.27. The van der Waals surface area contributed by atoms with Gasteiger partial charge in [0.25, 0.3) is 0 Å². The third-order valence-electron chi connectivity index (χ3n) is 9.73. The molecule has 0 aliphatic rings. The molecule has 0 bridgehead atoms. The number of hydrogen-bond acceptors (Lipinski definition) is 7. The number of imidazole rings is 1. The molecule has 10 rings (SSSR count). The van der Waals surface area contributed by atoms with E-state index in [0.717, 1.165) is 61.5 Å². The minimum atomic E-state index is 0.576. The third kappa shape index (κ3) is 6.72. The quantitative estimate of drug-likeness (QED) is 0.153. The van der Waals surface area contributed by atoms with Crippen LogP contribution in [-0.4, -0.2) is 39.5 Å². The van der Waals surface area contributed by atoms with E-state index in [9.17, 15) is 0 Å². The van der Waals surface area contributed by atoms with Crippen molar-refractivity contribution in [3.8, 4) is 85.4 Å². The first-order valence-corrected chi connectivity index (χ1v) is 18.7. The topological polar surface area (TPSA) is 95.2 Å². The SMILES string of the molecule is c1ccc(-c2nc(-c3ccccc3)nc(-c3ccc(-c4nc5cc(-c6nc(-c7ccccc7)nc(-c7ccccc7)n6)ccc5n4-c4ccccc4)cc3)n2)cc1. The zero-order valence-electron chi connectivity index (χ0n) is 30.6. The summed E-state index contributed by atoms with van der Waals surface area (Å²) in [4.78, 5) is 34.8. The third-order valence-corrected chi connectivity index (χ3v) is 9.73. The van der Waals surface area contributed by atoms with Crippen LogP contribution >= 0.6 is 0 Å². The molecule has 0 saturated carbocycles. The molecule has 0 N–H and O–H groups in total. The molecular weight excluding hydrogens is 701 g/mol. The predicted octanol–water partition coefficient (Wildman–Crippen LogP) is 11.1. The van der Waals surface area contributed by atoms with E-state index >= 15 is 0 Å². The molecule has 0 atom stereocenters. The second kappa shape index (κ2) is 14.7. The van der Waals surface area contributed by atoms with E-state index in [-0.39, 0.29) is 0 Å². The standard InChI is InChI=1S/C49H32N8/c1-6-16-33(17-7-1)43-51-44(34-18-8-2-9-19-34)54-47(53-43)37-26-28-38(29-27-37)49-50-41-32-39(30-31-42(41)57(49)40-24-14-5-15-25-40)48-55-45(35-20-10-3-11-21-35)52-46(56-48)36-22-12-4-13-23-36/h1-32H. The van der Waals surface area contributed by atoms with Gasteiger partial charge in [-0.2, -0.15) is 0 Å². The lowest BCUT2D eigenvalue weighted by atomic mass is 10.1. The lowest BCUT2D eigenvalue weighted by Crippen LogP contribution is -2.00. The van der Waals surface area contributed by atoms with Gasteiger partial charge in [-0.05, 0) is 30.3 Å². The summed E-state index contributed by atoms with van der Waals surface area (Å²) in [6, 6.07) is 64.8. The molecule has 3 aromatic heterocycles. The molecule has 0 amide bonds. The number of fused-ring (bicyclic) bond motifs is 1. The molecule has 0 aliphatic carbocycles. The molecule has 8 nitrogen and oxygen atoms in total. The second-order valence-electron chi connectivity index (χ2n) is 13.5. The van der Waals surface area contributed by atoms with Crippen molar-refractivity contribution in [2.75, 3.05) is 0 Å². The lowest BCUT2D eigenvalue weighted by Gasteiger charge is -2.11. The summed E-state index contributed by atoms with van der Waals surface area (Å²) in [5, 5.41) is 0. The first kappa shape index (κ1) is 33.6. The highest BCUT2D eigenvalue weighted by Gasteiger charge is 2.19. The van der Waals surface area contributed by atoms with E-state index in [1.165, 1.54) is 0 Å². The fourth-order valence-electron chi connectivity index (χ4n) is 6.90. The number of rotatable bonds is 8. The van der Waals surface area contributed by atoms with Crippen LogP contribution in [-0.2, 0) is 0 Å². The van der Waals surface area contributed by atoms with Crippen LogP contribution in [0.4, 0.5) is 0 Å². The smallest absolute Gasteiger partial charge is 0.164 e. The summed E-state index contributed by atoms with van der Waals surface area (Å²) in [6.45, 7) is 0. The van der Waals surface area contributed by atoms with Gasteiger partial charge in [0.05, 0.1) is 11.0 Å². The average molecular weight is 733 g/mol. The van der Waals surface area contributed by atoms with Crippen molar-refractivity contribution in [1.82, 2.24) is 39.5 Å². The van der Waals surface area contributed by atoms with E-state index in [4.69, 9.17) is 34.9 Å². The molecule has 57 heavy (non-hydrogen) atoms. The molecule has 8 heteroatoms. The van der Waals surface area contributed by atoms with Gasteiger partial charge in [-0.3, -0.25) is 4.57 Å². The van der Waals surface area contributed by atoms with Gasteiger partial charge in [0.1, 0.15) is 5.82 Å². The summed E-state index contributed by atoms with van der Waals surface area (Å²) in [6.07, 6.45) is 0. The van der Waals surface area contributed by atoms with Crippen molar-refractivity contribution < 1.29 is 0 Å². The maximum atomic E-state index is 5.27. The Kier molecular flexibility index (Phi) is 8.66. The highest BCUT2D eigenvalue weighted by atomic mass is 15.1. The molecule has 3 heterocycles. The molecule has 0 fully saturated rings. The van der Waals surface area contributed by atoms with Crippen molar-refractivity contribution in [3.05, 3.63) is 194 Å². The van der Waals surface area contributed by atoms with Crippen LogP contribution in [0.25, 0.3) is 96.4 Å². The Morgan fingerprint density at radius 2 is 0.579 bits per heavy atom. The van der Waals surface area contributed by atoms with Crippen LogP contribution in [0.15, 0.2) is 194 Å². The van der Waals surface area contributed by atoms with E-state index in [0.29, 0.717) is 34.9 Å². The highest BCUT2D eigenvalue weighted by molar-refractivity contribution is 5.87. The van der Waals surface area contributed by atoms with Crippen LogP contribution in [0.3, 0.4) is 0 Å². The minimum absolute atomic E-state index is 0.576. The van der Waals surface area contributed by atoms with E-state index in [1.54, 1.807) is 0 Å². The van der Waals surface area contributed by atoms with Gasteiger partial charge in [0.2, 0.25) is 0 Å². The van der Waals surface area contributed by atoms with Crippen LogP contribution in [0.5, 0.6) is 0 Å². The van der Waals surface area contributed by atoms with Crippen molar-refractivity contribution in [3.63, 3.8) is 0 Å². The van der Waals surface area contributed by atoms with Crippen molar-refractivity contribution in [2.45, 2.75) is 0 Å². The number of hydrogen-bond donors (Lipinski definition) is 0. The normalized spacial score (nSPS) is 11.2. The van der Waals surface area contributed by atoms with Crippen molar-refractivity contribution in [2.24, 2.45) is 0 Å². The molecule has 0 unspecified atom stereocenters. The summed E-state index contributed by atoms with van der Waals surface area (Å²) >= 11 is 0. The Hall–Kier alpha value is -7.97. The first-order valence-electron chi connectivity index (χ1n) is 18.7. The number of benzene rings is 7. The lowest BCUT2D eigenvalue weighted by molar-refractivity contribution is 1.07. The molecule has 0 spiro atoms. The molecule has 7 aromatic carbocycles. The van der Waals surface area contributed by atoms with Crippen molar-refractivity contribution in [1.29, 1.82) is 0 Å². The number of aromatic nitrogens is 8. The Morgan fingerprint density at radius 1 is 0.263 bits per heavy atom. The van der Waals surface area contributed by atoms with E-state index in [1.807, 2.05) is 140 Å². The van der Waals surface area contributed by atoms with Gasteiger partial charge in [-0.1, -0.05) is 164 Å². The van der Waals surface area contributed by atoms with Gasteiger partial charge >= 0.3 is 0 Å². The summed E-state index contributed by atoms with van der Waals surface area (Å²) in [7, 11) is 0. The Labute approximate surface area is 329 Å². The zero-order valence-corrected chi connectivity index (χ0v) is 30.6. The number of nitrogens with zero attached hydrogens (tertiary/aromatic N) is 8. The molecule has 268 valence electrons. The predicted molar refractivity (Wildman–Crippen MR) is 226 cm³/mol. The van der Waals surface area contributed by atoms with Crippen LogP contribution in [0.1, 0.15) is 0 Å². The second-order valence-corrected chi connectivity index (χ2v) is 13.5. The molecule has 10 aromatic rings. The van der Waals surface area contributed by atoms with Gasteiger partial charge in [0.15, 0.2) is 34.9 Å². The number of para-hydroxylation sites is 1. The van der Waals surface area contributed by atoms with Gasteiger partial charge in [-0.15, -0.1) is 0 Å². The van der Waals surface area contributed by atoms with Crippen molar-refractivity contribution >= 4 is 11.0 Å². The molecule has 0 saturated heterocycles. The fourth-order valence-corrected chi connectivity index (χ4v) is 6.90. The Morgan fingerprint density at radius 3 is 0.982 bits per heavy atom. The minimum Gasteiger partial charge on any atom is -0.292 e. The van der Waals surface area contributed by atoms with E-state index in [2.05, 4.69) is 59.2 Å². The summed E-state index contributed by atoms with van der Waals surface area (Å²) in [5.74, 6) is 4.44. The Bertz CT molecular complexity index is 2860. The molecule has 0 radical (unpaired) electrons. The van der Waals surface area contributed by atoms with Gasteiger partial charge in [0, 0.05) is 44.6 Å². The van der Waals surface area contributed by atoms with E-state index < -0.39 is 0 Å². The average Bonchev–Trinajstić information content (AvgIpc) is 3.69. The highest BCUT2D eigenvalue weighted by Crippen LogP contribution is 2.33. The van der Waals surface area contributed by atoms with Crippen LogP contribution < -0.4 is 0 Å². The van der Waals surface area contributed by atoms with Gasteiger partial charge < -0.3 is 0 Å². The molecular formula is C49H32N8. The first-order chi connectivity index (χ1) is 28.2. The molecule has 0 aliphatic heterocycles. The summed E-state index contributed by atoms with van der Waals surface area (Å²) < 4.78 is 2.19. The largest absolute Gasteiger partial charge is 0.292 e. The monoisotopic (exact) mass is 732 g/mol. The zero-order chi connectivity index (χ0) is 38.0.